The molecule has 112 valence electrons. The third-order valence-electron chi connectivity index (χ3n) is 3.24. The van der Waals surface area contributed by atoms with Gasteiger partial charge in [-0.05, 0) is 23.3 Å². The van der Waals surface area contributed by atoms with E-state index >= 15 is 0 Å². The van der Waals surface area contributed by atoms with E-state index < -0.39 is 0 Å². The van der Waals surface area contributed by atoms with Crippen molar-refractivity contribution in [2.75, 3.05) is 7.11 Å². The highest BCUT2D eigenvalue weighted by Crippen LogP contribution is 2.20. The van der Waals surface area contributed by atoms with Crippen molar-refractivity contribution in [1.29, 1.82) is 0 Å². The van der Waals surface area contributed by atoms with Gasteiger partial charge in [0, 0.05) is 5.41 Å². The zero-order valence-corrected chi connectivity index (χ0v) is 13.1. The summed E-state index contributed by atoms with van der Waals surface area (Å²) in [6, 6.07) is 18.1. The van der Waals surface area contributed by atoms with Crippen LogP contribution in [0.2, 0.25) is 0 Å². The van der Waals surface area contributed by atoms with Gasteiger partial charge in [-0.25, -0.2) is 0 Å². The standard InChI is InChI=1S/C17H17N3OS/c1-21-15-9-7-13(8-10-15)11-18-17-20-19-16(12-22-17)14-5-3-2-4-6-14/h2-10,12,19H,11H2,1H3,(H,18,20). The van der Waals surface area contributed by atoms with E-state index in [-0.39, 0.29) is 0 Å². The largest absolute Gasteiger partial charge is 0.497 e. The molecule has 2 aromatic rings. The second-order valence-corrected chi connectivity index (χ2v) is 5.59. The Kier molecular flexibility index (Phi) is 4.65. The molecule has 0 saturated heterocycles. The molecular formula is C17H17N3OS. The molecule has 0 bridgehead atoms. The van der Waals surface area contributed by atoms with E-state index in [1.807, 2.05) is 42.5 Å². The Bertz CT molecular complexity index is 681. The van der Waals surface area contributed by atoms with Gasteiger partial charge >= 0.3 is 0 Å². The number of hydrogen-bond acceptors (Lipinski definition) is 4. The summed E-state index contributed by atoms with van der Waals surface area (Å²) in [5.41, 5.74) is 9.66. The number of aliphatic imine (C=N–C) groups is 1. The number of ether oxygens (including phenoxy) is 1. The van der Waals surface area contributed by atoms with Crippen molar-refractivity contribution in [2.24, 2.45) is 4.99 Å². The topological polar surface area (TPSA) is 45.6 Å². The lowest BCUT2D eigenvalue weighted by Crippen LogP contribution is -2.36. The summed E-state index contributed by atoms with van der Waals surface area (Å²) in [6.07, 6.45) is 0. The number of methoxy groups -OCH3 is 1. The van der Waals surface area contributed by atoms with Crippen LogP contribution in [0.3, 0.4) is 0 Å². The number of thioether (sulfide) groups is 1. The lowest BCUT2D eigenvalue weighted by Gasteiger charge is -2.19. The zero-order chi connectivity index (χ0) is 15.2. The third kappa shape index (κ3) is 3.62. The number of hydrazine groups is 1. The Morgan fingerprint density at radius 2 is 1.77 bits per heavy atom. The molecule has 22 heavy (non-hydrogen) atoms. The lowest BCUT2D eigenvalue weighted by molar-refractivity contribution is 0.414. The first-order valence-corrected chi connectivity index (χ1v) is 7.85. The van der Waals surface area contributed by atoms with Gasteiger partial charge in [-0.1, -0.05) is 54.2 Å². The van der Waals surface area contributed by atoms with Gasteiger partial charge in [0.05, 0.1) is 19.4 Å². The molecule has 3 rings (SSSR count). The molecule has 1 aliphatic heterocycles. The molecule has 4 nitrogen and oxygen atoms in total. The van der Waals surface area contributed by atoms with E-state index in [2.05, 4.69) is 33.4 Å². The Morgan fingerprint density at radius 1 is 1.00 bits per heavy atom. The van der Waals surface area contributed by atoms with Gasteiger partial charge in [0.1, 0.15) is 5.75 Å². The average Bonchev–Trinajstić information content (AvgIpc) is 2.61. The summed E-state index contributed by atoms with van der Waals surface area (Å²) in [5, 5.41) is 2.93. The molecule has 0 fully saturated rings. The van der Waals surface area contributed by atoms with Crippen LogP contribution < -0.4 is 15.6 Å². The zero-order valence-electron chi connectivity index (χ0n) is 12.2. The lowest BCUT2D eigenvalue weighted by atomic mass is 10.2. The smallest absolute Gasteiger partial charge is 0.180 e. The van der Waals surface area contributed by atoms with Crippen LogP contribution in [0.25, 0.3) is 5.70 Å². The van der Waals surface area contributed by atoms with Crippen molar-refractivity contribution in [1.82, 2.24) is 10.9 Å². The van der Waals surface area contributed by atoms with Crippen LogP contribution in [0.15, 0.2) is 65.0 Å². The molecule has 0 spiro atoms. The first kappa shape index (κ1) is 14.5. The number of amidine groups is 1. The van der Waals surface area contributed by atoms with E-state index in [0.717, 1.165) is 27.7 Å². The van der Waals surface area contributed by atoms with Crippen LogP contribution in [0.4, 0.5) is 0 Å². The van der Waals surface area contributed by atoms with Gasteiger partial charge in [0.2, 0.25) is 0 Å². The molecule has 0 atom stereocenters. The number of nitrogens with one attached hydrogen (secondary N) is 2. The van der Waals surface area contributed by atoms with E-state index in [0.29, 0.717) is 6.54 Å². The van der Waals surface area contributed by atoms with Crippen molar-refractivity contribution >= 4 is 22.6 Å². The summed E-state index contributed by atoms with van der Waals surface area (Å²) in [4.78, 5) is 4.56. The normalized spacial score (nSPS) is 15.7. The van der Waals surface area contributed by atoms with E-state index in [4.69, 9.17) is 4.74 Å². The molecule has 0 aromatic heterocycles. The monoisotopic (exact) mass is 311 g/mol. The van der Waals surface area contributed by atoms with Crippen molar-refractivity contribution in [3.8, 4) is 5.75 Å². The Balaban J connectivity index is 1.61. The van der Waals surface area contributed by atoms with Crippen LogP contribution in [0.5, 0.6) is 5.75 Å². The minimum atomic E-state index is 0.634. The van der Waals surface area contributed by atoms with Gasteiger partial charge < -0.3 is 4.74 Å². The minimum absolute atomic E-state index is 0.634. The number of rotatable bonds is 4. The average molecular weight is 311 g/mol. The Morgan fingerprint density at radius 3 is 2.41 bits per heavy atom. The number of nitrogens with zero attached hydrogens (tertiary/aromatic N) is 1. The maximum atomic E-state index is 5.15. The highest BCUT2D eigenvalue weighted by molar-refractivity contribution is 8.16. The third-order valence-corrected chi connectivity index (χ3v) is 4.05. The van der Waals surface area contributed by atoms with Crippen molar-refractivity contribution < 1.29 is 4.74 Å². The van der Waals surface area contributed by atoms with E-state index in [1.165, 1.54) is 0 Å². The van der Waals surface area contributed by atoms with Crippen LogP contribution >= 0.6 is 11.8 Å². The first-order chi connectivity index (χ1) is 10.8. The van der Waals surface area contributed by atoms with Crippen LogP contribution in [-0.4, -0.2) is 12.3 Å². The molecule has 1 heterocycles. The minimum Gasteiger partial charge on any atom is -0.497 e. The second-order valence-electron chi connectivity index (χ2n) is 4.73. The maximum Gasteiger partial charge on any atom is 0.180 e. The predicted molar refractivity (Wildman–Crippen MR) is 92.4 cm³/mol. The van der Waals surface area contributed by atoms with Crippen LogP contribution in [0.1, 0.15) is 11.1 Å². The first-order valence-electron chi connectivity index (χ1n) is 6.97. The van der Waals surface area contributed by atoms with Crippen molar-refractivity contribution in [2.45, 2.75) is 6.54 Å². The second kappa shape index (κ2) is 7.04. The molecule has 0 aliphatic carbocycles. The molecule has 5 heteroatoms. The summed E-state index contributed by atoms with van der Waals surface area (Å²) < 4.78 is 5.15. The predicted octanol–water partition coefficient (Wildman–Crippen LogP) is 3.39. The number of benzene rings is 2. The molecule has 0 amide bonds. The SMILES string of the molecule is COc1ccc(CN=C2NNC(c3ccccc3)=CS2)cc1. The van der Waals surface area contributed by atoms with Gasteiger partial charge in [0.15, 0.2) is 5.17 Å². The highest BCUT2D eigenvalue weighted by atomic mass is 32.2. The van der Waals surface area contributed by atoms with Crippen molar-refractivity contribution in [3.05, 3.63) is 71.1 Å². The fraction of sp³-hybridized carbons (Fsp3) is 0.118. The van der Waals surface area contributed by atoms with Crippen LogP contribution in [0, 0.1) is 0 Å². The van der Waals surface area contributed by atoms with Crippen molar-refractivity contribution in [3.63, 3.8) is 0 Å². The quantitative estimate of drug-likeness (QED) is 0.908. The fourth-order valence-corrected chi connectivity index (χ4v) is 2.70. The molecular weight excluding hydrogens is 294 g/mol. The molecule has 2 aromatic carbocycles. The van der Waals surface area contributed by atoms with Crippen LogP contribution in [-0.2, 0) is 6.54 Å². The molecule has 1 aliphatic rings. The van der Waals surface area contributed by atoms with Gasteiger partial charge in [-0.15, -0.1) is 0 Å². The highest BCUT2D eigenvalue weighted by Gasteiger charge is 2.09. The maximum absolute atomic E-state index is 5.15. The molecule has 2 N–H and O–H groups in total. The Hall–Kier alpha value is -2.40. The summed E-state index contributed by atoms with van der Waals surface area (Å²) >= 11 is 1.58. The van der Waals surface area contributed by atoms with Gasteiger partial charge in [-0.3, -0.25) is 15.8 Å². The van der Waals surface area contributed by atoms with E-state index in [9.17, 15) is 0 Å². The summed E-state index contributed by atoms with van der Waals surface area (Å²) in [7, 11) is 1.67. The summed E-state index contributed by atoms with van der Waals surface area (Å²) in [5.74, 6) is 0.860. The van der Waals surface area contributed by atoms with Gasteiger partial charge in [-0.2, -0.15) is 0 Å². The molecule has 0 unspecified atom stereocenters. The molecule has 0 radical (unpaired) electrons. The number of hydrogen-bond donors (Lipinski definition) is 2. The fourth-order valence-electron chi connectivity index (χ4n) is 2.02. The summed E-state index contributed by atoms with van der Waals surface area (Å²) in [6.45, 7) is 0.634. The van der Waals surface area contributed by atoms with E-state index in [1.54, 1.807) is 18.9 Å². The van der Waals surface area contributed by atoms with Gasteiger partial charge in [0.25, 0.3) is 0 Å². The Labute approximate surface area is 134 Å². The molecule has 0 saturated carbocycles.